The first-order valence-corrected chi connectivity index (χ1v) is 10.0. The third-order valence-corrected chi connectivity index (χ3v) is 5.66. The summed E-state index contributed by atoms with van der Waals surface area (Å²) in [7, 11) is 3.24. The molecule has 0 radical (unpaired) electrons. The van der Waals surface area contributed by atoms with Gasteiger partial charge in [-0.3, -0.25) is 0 Å². The van der Waals surface area contributed by atoms with Gasteiger partial charge in [-0.25, -0.2) is 4.79 Å². The van der Waals surface area contributed by atoms with E-state index in [1.54, 1.807) is 32.4 Å². The molecule has 31 heavy (non-hydrogen) atoms. The summed E-state index contributed by atoms with van der Waals surface area (Å²) in [6, 6.07) is 14.6. The number of nitrogens with zero attached hydrogens (tertiary/aromatic N) is 2. The Morgan fingerprint density at radius 3 is 2.74 bits per heavy atom. The van der Waals surface area contributed by atoms with E-state index >= 15 is 0 Å². The minimum absolute atomic E-state index is 0.190. The smallest absolute Gasteiger partial charge is 0.322 e. The topological polar surface area (TPSA) is 74.2 Å². The van der Waals surface area contributed by atoms with E-state index in [9.17, 15) is 4.79 Å². The second-order valence-corrected chi connectivity index (χ2v) is 7.33. The quantitative estimate of drug-likeness (QED) is 0.692. The van der Waals surface area contributed by atoms with Crippen LogP contribution in [-0.2, 0) is 6.54 Å². The highest BCUT2D eigenvalue weighted by Crippen LogP contribution is 2.40. The molecule has 2 aliphatic rings. The summed E-state index contributed by atoms with van der Waals surface area (Å²) in [6.07, 6.45) is 2.03. The summed E-state index contributed by atoms with van der Waals surface area (Å²) in [5.74, 6) is 2.66. The second-order valence-electron chi connectivity index (χ2n) is 7.33. The number of carbonyl (C=O) groups excluding carboxylic acids is 1. The largest absolute Gasteiger partial charge is 0.497 e. The molecule has 1 N–H and O–H groups in total. The van der Waals surface area contributed by atoms with Gasteiger partial charge in [-0.15, -0.1) is 0 Å². The molecule has 0 spiro atoms. The van der Waals surface area contributed by atoms with Gasteiger partial charge in [0.25, 0.3) is 0 Å². The van der Waals surface area contributed by atoms with Crippen LogP contribution in [0, 0.1) is 0 Å². The maximum atomic E-state index is 13.4. The van der Waals surface area contributed by atoms with E-state index in [0.717, 1.165) is 11.3 Å². The number of ether oxygens (including phenoxy) is 4. The highest BCUT2D eigenvalue weighted by Gasteiger charge is 2.34. The first kappa shape index (κ1) is 19.2. The molecule has 0 unspecified atom stereocenters. The Balaban J connectivity index is 1.49. The van der Waals surface area contributed by atoms with Crippen LogP contribution in [0.15, 0.2) is 54.7 Å². The van der Waals surface area contributed by atoms with Gasteiger partial charge in [-0.05, 0) is 36.4 Å². The third-order valence-electron chi connectivity index (χ3n) is 5.66. The molecule has 1 atom stereocenters. The van der Waals surface area contributed by atoms with E-state index in [2.05, 4.69) is 9.88 Å². The first-order chi connectivity index (χ1) is 15.2. The predicted molar refractivity (Wildman–Crippen MR) is 114 cm³/mol. The molecular weight excluding hydrogens is 398 g/mol. The van der Waals surface area contributed by atoms with E-state index in [1.807, 2.05) is 41.4 Å². The Morgan fingerprint density at radius 1 is 1.03 bits per heavy atom. The van der Waals surface area contributed by atoms with Crippen molar-refractivity contribution in [3.05, 3.63) is 66.0 Å². The zero-order chi connectivity index (χ0) is 21.4. The predicted octanol–water partition coefficient (Wildman–Crippen LogP) is 3.87. The van der Waals surface area contributed by atoms with Crippen molar-refractivity contribution in [3.63, 3.8) is 0 Å². The van der Waals surface area contributed by atoms with Crippen LogP contribution in [0.25, 0.3) is 0 Å². The van der Waals surface area contributed by atoms with Crippen molar-refractivity contribution in [2.24, 2.45) is 0 Å². The van der Waals surface area contributed by atoms with Gasteiger partial charge in [0, 0.05) is 48.4 Å². The number of hydrogen-bond donors (Lipinski definition) is 1. The zero-order valence-electron chi connectivity index (χ0n) is 17.3. The zero-order valence-corrected chi connectivity index (χ0v) is 17.3. The van der Waals surface area contributed by atoms with E-state index in [1.165, 1.54) is 0 Å². The van der Waals surface area contributed by atoms with Gasteiger partial charge in [0.1, 0.15) is 17.5 Å². The average Bonchev–Trinajstić information content (AvgIpc) is 3.46. The summed E-state index contributed by atoms with van der Waals surface area (Å²) in [5.41, 5.74) is 2.56. The number of amides is 2. The van der Waals surface area contributed by atoms with Crippen LogP contribution in [0.4, 0.5) is 10.5 Å². The van der Waals surface area contributed by atoms with Crippen molar-refractivity contribution in [3.8, 4) is 23.0 Å². The number of aromatic nitrogens is 1. The third kappa shape index (κ3) is 3.39. The van der Waals surface area contributed by atoms with Crippen LogP contribution in [0.2, 0.25) is 0 Å². The molecule has 0 bridgehead atoms. The lowest BCUT2D eigenvalue weighted by molar-refractivity contribution is 0.174. The second kappa shape index (κ2) is 7.79. The minimum atomic E-state index is -0.307. The molecule has 160 valence electrons. The number of nitrogens with one attached hydrogen (secondary N) is 1. The van der Waals surface area contributed by atoms with Gasteiger partial charge >= 0.3 is 6.03 Å². The maximum absolute atomic E-state index is 13.4. The molecule has 2 amide bonds. The molecule has 0 saturated heterocycles. The Morgan fingerprint density at radius 2 is 1.90 bits per heavy atom. The Bertz CT molecular complexity index is 1130. The summed E-state index contributed by atoms with van der Waals surface area (Å²) in [5, 5.41) is 3.00. The summed E-state index contributed by atoms with van der Waals surface area (Å²) in [4.78, 5) is 15.2. The Hall–Kier alpha value is -3.81. The van der Waals surface area contributed by atoms with Crippen LogP contribution in [0.5, 0.6) is 23.0 Å². The monoisotopic (exact) mass is 421 g/mol. The molecular formula is C23H23N3O5. The molecule has 0 saturated carbocycles. The number of urea groups is 1. The van der Waals surface area contributed by atoms with Crippen LogP contribution in [0.1, 0.15) is 17.3 Å². The fraction of sp³-hybridized carbons (Fsp3) is 0.261. The summed E-state index contributed by atoms with van der Waals surface area (Å²) in [6.45, 7) is 1.46. The molecule has 2 aromatic carbocycles. The molecule has 3 heterocycles. The molecule has 2 aliphatic heterocycles. The van der Waals surface area contributed by atoms with E-state index in [0.29, 0.717) is 41.8 Å². The van der Waals surface area contributed by atoms with Crippen molar-refractivity contribution < 1.29 is 23.7 Å². The Kier molecular flexibility index (Phi) is 4.82. The molecule has 0 fully saturated rings. The van der Waals surface area contributed by atoms with E-state index in [4.69, 9.17) is 18.9 Å². The number of fused-ring (bicyclic) bond motifs is 2. The van der Waals surface area contributed by atoms with Crippen LogP contribution in [-0.4, -0.2) is 43.1 Å². The van der Waals surface area contributed by atoms with Crippen molar-refractivity contribution in [1.29, 1.82) is 0 Å². The van der Waals surface area contributed by atoms with Crippen molar-refractivity contribution in [1.82, 2.24) is 9.47 Å². The number of rotatable bonds is 4. The molecule has 8 heteroatoms. The fourth-order valence-electron chi connectivity index (χ4n) is 4.14. The summed E-state index contributed by atoms with van der Waals surface area (Å²) < 4.78 is 23.9. The molecule has 5 rings (SSSR count). The first-order valence-electron chi connectivity index (χ1n) is 10.0. The summed E-state index contributed by atoms with van der Waals surface area (Å²) >= 11 is 0. The van der Waals surface area contributed by atoms with E-state index < -0.39 is 0 Å². The normalized spacial score (nSPS) is 16.6. The van der Waals surface area contributed by atoms with E-state index in [-0.39, 0.29) is 18.9 Å². The molecule has 8 nitrogen and oxygen atoms in total. The van der Waals surface area contributed by atoms with Crippen LogP contribution in [0.3, 0.4) is 0 Å². The SMILES string of the molecule is COc1ccc([C@H]2c3cccn3CCN2C(=O)Nc2ccc3c(c2)OCO3)c(OC)c1. The lowest BCUT2D eigenvalue weighted by atomic mass is 9.99. The maximum Gasteiger partial charge on any atom is 0.322 e. The van der Waals surface area contributed by atoms with Gasteiger partial charge < -0.3 is 33.7 Å². The standard InChI is InChI=1S/C23H23N3O5/c1-28-16-6-7-17(20(13-16)29-2)22-18-4-3-9-25(18)10-11-26(22)23(27)24-15-5-8-19-21(12-15)31-14-30-19/h3-9,12-13,22H,10-11,14H2,1-2H3,(H,24,27)/t22-/m0/s1. The fourth-order valence-corrected chi connectivity index (χ4v) is 4.14. The van der Waals surface area contributed by atoms with Crippen LogP contribution >= 0.6 is 0 Å². The molecule has 1 aromatic heterocycles. The van der Waals surface area contributed by atoms with Gasteiger partial charge in [0.15, 0.2) is 11.5 Å². The lowest BCUT2D eigenvalue weighted by Crippen LogP contribution is -2.44. The van der Waals surface area contributed by atoms with Gasteiger partial charge in [0.2, 0.25) is 6.79 Å². The van der Waals surface area contributed by atoms with Gasteiger partial charge in [-0.2, -0.15) is 0 Å². The molecule has 0 aliphatic carbocycles. The number of hydrogen-bond acceptors (Lipinski definition) is 5. The van der Waals surface area contributed by atoms with Crippen molar-refractivity contribution in [2.45, 2.75) is 12.6 Å². The highest BCUT2D eigenvalue weighted by atomic mass is 16.7. The number of benzene rings is 2. The van der Waals surface area contributed by atoms with Gasteiger partial charge in [-0.1, -0.05) is 0 Å². The number of anilines is 1. The van der Waals surface area contributed by atoms with Gasteiger partial charge in [0.05, 0.1) is 14.2 Å². The average molecular weight is 421 g/mol. The van der Waals surface area contributed by atoms with Crippen molar-refractivity contribution >= 4 is 11.7 Å². The Labute approximate surface area is 179 Å². The molecule has 3 aromatic rings. The highest BCUT2D eigenvalue weighted by molar-refractivity contribution is 5.90. The number of methoxy groups -OCH3 is 2. The van der Waals surface area contributed by atoms with Crippen molar-refractivity contribution in [2.75, 3.05) is 32.9 Å². The lowest BCUT2D eigenvalue weighted by Gasteiger charge is -2.37. The number of carbonyl (C=O) groups is 1. The van der Waals surface area contributed by atoms with Crippen LogP contribution < -0.4 is 24.3 Å². The minimum Gasteiger partial charge on any atom is -0.497 e.